The van der Waals surface area contributed by atoms with Crippen LogP contribution in [0.1, 0.15) is 64.2 Å². The Kier molecular flexibility index (Phi) is 8.48. The predicted octanol–water partition coefficient (Wildman–Crippen LogP) is 3.61. The molecule has 0 bridgehead atoms. The van der Waals surface area contributed by atoms with Crippen molar-refractivity contribution in [2.45, 2.75) is 82.8 Å². The van der Waals surface area contributed by atoms with Gasteiger partial charge in [0.15, 0.2) is 0 Å². The molecule has 2 N–H and O–H groups in total. The van der Waals surface area contributed by atoms with E-state index < -0.39 is 0 Å². The molecule has 1 aromatic carbocycles. The van der Waals surface area contributed by atoms with Gasteiger partial charge in [0.1, 0.15) is 0 Å². The van der Waals surface area contributed by atoms with Crippen LogP contribution < -0.4 is 10.6 Å². The highest BCUT2D eigenvalue weighted by molar-refractivity contribution is 5.74. The topological polar surface area (TPSA) is 88.0 Å². The van der Waals surface area contributed by atoms with Crippen LogP contribution in [0.4, 0.5) is 4.79 Å². The van der Waals surface area contributed by atoms with E-state index in [-0.39, 0.29) is 6.03 Å². The Morgan fingerprint density at radius 3 is 2.31 bits per heavy atom. The summed E-state index contributed by atoms with van der Waals surface area (Å²) in [6, 6.07) is 10.7. The van der Waals surface area contributed by atoms with Crippen molar-refractivity contribution in [3.8, 4) is 11.4 Å². The largest absolute Gasteiger partial charge is 0.335 e. The number of carbonyl (C=O) groups excluding carboxylic acids is 1. The van der Waals surface area contributed by atoms with Crippen LogP contribution in [0.2, 0.25) is 0 Å². The van der Waals surface area contributed by atoms with Gasteiger partial charge in [0.25, 0.3) is 0 Å². The summed E-state index contributed by atoms with van der Waals surface area (Å²) in [7, 11) is 0. The van der Waals surface area contributed by atoms with Gasteiger partial charge in [-0.15, -0.1) is 10.2 Å². The Bertz CT molecular complexity index is 811. The van der Waals surface area contributed by atoms with E-state index in [2.05, 4.69) is 30.9 Å². The van der Waals surface area contributed by atoms with Crippen molar-refractivity contribution in [1.29, 1.82) is 0 Å². The summed E-state index contributed by atoms with van der Waals surface area (Å²) >= 11 is 0. The number of hydrogen-bond donors (Lipinski definition) is 2. The van der Waals surface area contributed by atoms with E-state index in [1.165, 1.54) is 25.7 Å². The van der Waals surface area contributed by atoms with Gasteiger partial charge in [-0.25, -0.2) is 4.79 Å². The fourth-order valence-electron chi connectivity index (χ4n) is 4.77. The molecule has 32 heavy (non-hydrogen) atoms. The van der Waals surface area contributed by atoms with Crippen molar-refractivity contribution in [1.82, 2.24) is 35.7 Å². The van der Waals surface area contributed by atoms with Crippen molar-refractivity contribution in [2.75, 3.05) is 19.6 Å². The first kappa shape index (κ1) is 22.7. The maximum Gasteiger partial charge on any atom is 0.315 e. The molecule has 2 aliphatic rings. The summed E-state index contributed by atoms with van der Waals surface area (Å²) in [5.74, 6) is 0.689. The quantitative estimate of drug-likeness (QED) is 0.583. The van der Waals surface area contributed by atoms with E-state index in [0.29, 0.717) is 17.9 Å². The van der Waals surface area contributed by atoms with Crippen molar-refractivity contribution in [3.63, 3.8) is 0 Å². The number of likely N-dealkylation sites (tertiary alicyclic amines) is 1. The van der Waals surface area contributed by atoms with E-state index in [4.69, 9.17) is 0 Å². The molecule has 1 aromatic heterocycles. The summed E-state index contributed by atoms with van der Waals surface area (Å²) in [6.07, 6.45) is 11.5. The average molecular weight is 440 g/mol. The summed E-state index contributed by atoms with van der Waals surface area (Å²) in [5.41, 5.74) is 1.00. The lowest BCUT2D eigenvalue weighted by Crippen LogP contribution is -2.50. The smallest absolute Gasteiger partial charge is 0.315 e. The minimum atomic E-state index is 0.0347. The first-order valence-corrected chi connectivity index (χ1v) is 12.4. The molecule has 8 heteroatoms. The van der Waals surface area contributed by atoms with Gasteiger partial charge in [-0.05, 0) is 50.3 Å². The number of benzene rings is 1. The van der Waals surface area contributed by atoms with Crippen LogP contribution in [0.15, 0.2) is 30.3 Å². The van der Waals surface area contributed by atoms with Gasteiger partial charge in [-0.3, -0.25) is 0 Å². The molecule has 4 rings (SSSR count). The first-order valence-electron chi connectivity index (χ1n) is 12.4. The van der Waals surface area contributed by atoms with Gasteiger partial charge < -0.3 is 15.5 Å². The number of nitrogens with one attached hydrogen (secondary N) is 2. The third kappa shape index (κ3) is 7.02. The Labute approximate surface area is 191 Å². The standard InChI is InChI=1S/C24H37N7O/c32-24(25-21-12-6-2-7-13-21)26-22-14-18-30(19-15-22)16-8-3-9-17-31-28-23(27-29-31)20-10-4-1-5-11-20/h1,4-5,10-11,21-22H,2-3,6-9,12-19H2,(H2,25,26,32). The zero-order valence-electron chi connectivity index (χ0n) is 19.1. The number of aromatic nitrogens is 4. The Balaban J connectivity index is 1.05. The number of carbonyl (C=O) groups is 1. The van der Waals surface area contributed by atoms with Crippen molar-refractivity contribution >= 4 is 6.03 Å². The molecule has 2 aromatic rings. The number of hydrogen-bond acceptors (Lipinski definition) is 5. The Morgan fingerprint density at radius 2 is 1.56 bits per heavy atom. The molecule has 1 saturated heterocycles. The van der Waals surface area contributed by atoms with E-state index in [0.717, 1.165) is 70.3 Å². The van der Waals surface area contributed by atoms with Crippen LogP contribution in [0.5, 0.6) is 0 Å². The van der Waals surface area contributed by atoms with Crippen LogP contribution in [-0.2, 0) is 6.54 Å². The third-order valence-electron chi connectivity index (χ3n) is 6.68. The SMILES string of the molecule is O=C(NC1CCCCC1)NC1CCN(CCCCCn2nnc(-c3ccccc3)n2)CC1. The highest BCUT2D eigenvalue weighted by Gasteiger charge is 2.22. The molecule has 2 amide bonds. The molecule has 1 aliphatic heterocycles. The molecular weight excluding hydrogens is 402 g/mol. The second kappa shape index (κ2) is 11.9. The Morgan fingerprint density at radius 1 is 0.875 bits per heavy atom. The van der Waals surface area contributed by atoms with Crippen LogP contribution >= 0.6 is 0 Å². The minimum Gasteiger partial charge on any atom is -0.335 e. The molecule has 1 saturated carbocycles. The molecule has 2 heterocycles. The molecule has 0 atom stereocenters. The second-order valence-corrected chi connectivity index (χ2v) is 9.20. The van der Waals surface area contributed by atoms with E-state index in [9.17, 15) is 4.79 Å². The lowest BCUT2D eigenvalue weighted by molar-refractivity contribution is 0.187. The van der Waals surface area contributed by atoms with Crippen molar-refractivity contribution in [2.24, 2.45) is 0 Å². The second-order valence-electron chi connectivity index (χ2n) is 9.20. The molecule has 8 nitrogen and oxygen atoms in total. The van der Waals surface area contributed by atoms with Crippen molar-refractivity contribution in [3.05, 3.63) is 30.3 Å². The van der Waals surface area contributed by atoms with Crippen LogP contribution in [0.25, 0.3) is 11.4 Å². The van der Waals surface area contributed by atoms with Crippen LogP contribution in [-0.4, -0.2) is 62.9 Å². The van der Waals surface area contributed by atoms with E-state index in [1.807, 2.05) is 30.3 Å². The predicted molar refractivity (Wildman–Crippen MR) is 125 cm³/mol. The molecule has 0 spiro atoms. The molecule has 1 aliphatic carbocycles. The maximum atomic E-state index is 12.3. The molecule has 0 unspecified atom stereocenters. The minimum absolute atomic E-state index is 0.0347. The van der Waals surface area contributed by atoms with E-state index >= 15 is 0 Å². The number of aryl methyl sites for hydroxylation is 1. The maximum absolute atomic E-state index is 12.3. The van der Waals surface area contributed by atoms with Gasteiger partial charge in [-0.2, -0.15) is 4.80 Å². The summed E-state index contributed by atoms with van der Waals surface area (Å²) in [5, 5.41) is 19.2. The molecule has 174 valence electrons. The highest BCUT2D eigenvalue weighted by Crippen LogP contribution is 2.18. The fourth-order valence-corrected chi connectivity index (χ4v) is 4.77. The molecule has 2 fully saturated rings. The van der Waals surface area contributed by atoms with Crippen LogP contribution in [0, 0.1) is 0 Å². The summed E-state index contributed by atoms with van der Waals surface area (Å²) in [6.45, 7) is 4.07. The highest BCUT2D eigenvalue weighted by atomic mass is 16.2. The van der Waals surface area contributed by atoms with Gasteiger partial charge in [0, 0.05) is 30.7 Å². The zero-order chi connectivity index (χ0) is 22.0. The number of unbranched alkanes of at least 4 members (excludes halogenated alkanes) is 2. The monoisotopic (exact) mass is 439 g/mol. The zero-order valence-corrected chi connectivity index (χ0v) is 19.1. The fraction of sp³-hybridized carbons (Fsp3) is 0.667. The average Bonchev–Trinajstić information content (AvgIpc) is 3.30. The number of tetrazole rings is 1. The van der Waals surface area contributed by atoms with Gasteiger partial charge >= 0.3 is 6.03 Å². The summed E-state index contributed by atoms with van der Waals surface area (Å²) in [4.78, 5) is 16.5. The Hall–Kier alpha value is -2.48. The molecular formula is C24H37N7O. The summed E-state index contributed by atoms with van der Waals surface area (Å²) < 4.78 is 0. The number of nitrogens with zero attached hydrogens (tertiary/aromatic N) is 5. The first-order chi connectivity index (χ1) is 15.8. The van der Waals surface area contributed by atoms with E-state index in [1.54, 1.807) is 4.80 Å². The number of rotatable bonds is 9. The van der Waals surface area contributed by atoms with Gasteiger partial charge in [0.2, 0.25) is 5.82 Å². The lowest BCUT2D eigenvalue weighted by atomic mass is 9.96. The number of piperidine rings is 1. The lowest BCUT2D eigenvalue weighted by Gasteiger charge is -2.33. The van der Waals surface area contributed by atoms with Gasteiger partial charge in [0.05, 0.1) is 6.54 Å². The molecule has 0 radical (unpaired) electrons. The van der Waals surface area contributed by atoms with Crippen LogP contribution in [0.3, 0.4) is 0 Å². The van der Waals surface area contributed by atoms with Gasteiger partial charge in [-0.1, -0.05) is 56.0 Å². The number of amides is 2. The number of urea groups is 1. The third-order valence-corrected chi connectivity index (χ3v) is 6.68. The van der Waals surface area contributed by atoms with Crippen molar-refractivity contribution < 1.29 is 4.79 Å². The normalized spacial score (nSPS) is 18.5.